The zero-order chi connectivity index (χ0) is 19.5. The van der Waals surface area contributed by atoms with Crippen LogP contribution in [0.15, 0.2) is 30.3 Å². The average Bonchev–Trinajstić information content (AvgIpc) is 3.31. The van der Waals surface area contributed by atoms with Gasteiger partial charge in [-0.1, -0.05) is 25.1 Å². The maximum Gasteiger partial charge on any atom is 0.344 e. The van der Waals surface area contributed by atoms with Gasteiger partial charge in [0.15, 0.2) is 0 Å². The van der Waals surface area contributed by atoms with Gasteiger partial charge in [0.1, 0.15) is 5.54 Å². The summed E-state index contributed by atoms with van der Waals surface area (Å²) in [5.41, 5.74) is 1.67. The molecule has 1 aliphatic carbocycles. The highest BCUT2D eigenvalue weighted by Gasteiger charge is 2.53. The number of nitrogens with zero attached hydrogens (tertiary/aromatic N) is 1. The minimum atomic E-state index is -0.858. The molecule has 2 N–H and O–H groups in total. The molecule has 1 aromatic carbocycles. The fourth-order valence-electron chi connectivity index (χ4n) is 4.08. The topological polar surface area (TPSA) is 78.5 Å². The summed E-state index contributed by atoms with van der Waals surface area (Å²) in [5.74, 6) is -0.225. The molecule has 1 spiro atoms. The Hall–Kier alpha value is -2.45. The number of hydrogen-bond donors (Lipinski definition) is 2. The van der Waals surface area contributed by atoms with Crippen molar-refractivity contribution in [1.29, 1.82) is 0 Å². The molecule has 3 aromatic rings. The van der Waals surface area contributed by atoms with E-state index < -0.39 is 17.5 Å². The van der Waals surface area contributed by atoms with Crippen LogP contribution in [-0.4, -0.2) is 28.4 Å². The number of carbonyl (C=O) groups excluding carboxylic acids is 3. The Morgan fingerprint density at radius 3 is 2.71 bits per heavy atom. The van der Waals surface area contributed by atoms with Crippen molar-refractivity contribution in [2.45, 2.75) is 38.1 Å². The second-order valence-corrected chi connectivity index (χ2v) is 9.81. The van der Waals surface area contributed by atoms with Crippen molar-refractivity contribution in [1.82, 2.24) is 15.8 Å². The molecule has 4 amide bonds. The lowest BCUT2D eigenvalue weighted by atomic mass is 9.77. The molecule has 28 heavy (non-hydrogen) atoms. The molecule has 6 nitrogen and oxygen atoms in total. The van der Waals surface area contributed by atoms with Gasteiger partial charge in [0.2, 0.25) is 0 Å². The van der Waals surface area contributed by atoms with Gasteiger partial charge in [0.25, 0.3) is 11.8 Å². The fourth-order valence-corrected chi connectivity index (χ4v) is 6.50. The van der Waals surface area contributed by atoms with Crippen molar-refractivity contribution >= 4 is 60.0 Å². The number of nitrogens with one attached hydrogen (secondary N) is 2. The molecule has 2 aliphatic rings. The van der Waals surface area contributed by atoms with E-state index in [1.807, 2.05) is 24.3 Å². The second-order valence-electron chi connectivity index (χ2n) is 7.68. The zero-order valence-electron chi connectivity index (χ0n) is 15.3. The number of rotatable bonds is 2. The fraction of sp³-hybridized carbons (Fsp3) is 0.350. The predicted molar refractivity (Wildman–Crippen MR) is 110 cm³/mol. The molecular weight excluding hydrogens is 394 g/mol. The van der Waals surface area contributed by atoms with Gasteiger partial charge >= 0.3 is 6.03 Å². The standard InChI is InChI=1S/C20H19N3O3S2/c1-11-6-8-20(9-7-11)18(25)23(19(26)21-20)22-17(24)15-10-14-16(28-15)12-4-2-3-5-13(12)27-14/h2-5,10-11H,6-9H2,1H3,(H,21,26)(H,22,24). The van der Waals surface area contributed by atoms with E-state index in [4.69, 9.17) is 0 Å². The van der Waals surface area contributed by atoms with Crippen LogP contribution in [0.4, 0.5) is 4.79 Å². The molecule has 0 bridgehead atoms. The molecule has 1 saturated heterocycles. The normalized spacial score (nSPS) is 25.0. The van der Waals surface area contributed by atoms with Crippen LogP contribution in [-0.2, 0) is 4.79 Å². The lowest BCUT2D eigenvalue weighted by Crippen LogP contribution is -2.51. The van der Waals surface area contributed by atoms with Gasteiger partial charge in [0, 0.05) is 14.8 Å². The van der Waals surface area contributed by atoms with Gasteiger partial charge in [-0.2, -0.15) is 5.01 Å². The van der Waals surface area contributed by atoms with Crippen LogP contribution in [0.3, 0.4) is 0 Å². The van der Waals surface area contributed by atoms with Crippen molar-refractivity contribution < 1.29 is 14.4 Å². The second kappa shape index (κ2) is 6.28. The van der Waals surface area contributed by atoms with Crippen LogP contribution in [0.5, 0.6) is 0 Å². The molecule has 5 rings (SSSR count). The largest absolute Gasteiger partial charge is 0.344 e. The van der Waals surface area contributed by atoms with E-state index in [9.17, 15) is 14.4 Å². The van der Waals surface area contributed by atoms with E-state index in [1.54, 1.807) is 11.3 Å². The minimum absolute atomic E-state index is 0.346. The van der Waals surface area contributed by atoms with Crippen LogP contribution in [0.2, 0.25) is 0 Å². The third-order valence-corrected chi connectivity index (χ3v) is 8.19. The van der Waals surface area contributed by atoms with Gasteiger partial charge in [-0.3, -0.25) is 15.0 Å². The first-order valence-corrected chi connectivity index (χ1v) is 11.0. The first-order chi connectivity index (χ1) is 13.5. The number of imide groups is 1. The molecule has 1 saturated carbocycles. The summed E-state index contributed by atoms with van der Waals surface area (Å²) in [6.45, 7) is 2.15. The number of amides is 4. The van der Waals surface area contributed by atoms with E-state index in [0.29, 0.717) is 23.6 Å². The monoisotopic (exact) mass is 413 g/mol. The number of urea groups is 1. The van der Waals surface area contributed by atoms with Crippen molar-refractivity contribution in [3.8, 4) is 0 Å². The van der Waals surface area contributed by atoms with Crippen LogP contribution in [0, 0.1) is 5.92 Å². The summed E-state index contributed by atoms with van der Waals surface area (Å²) in [5, 5.41) is 4.81. The molecule has 1 aliphatic heterocycles. The maximum absolute atomic E-state index is 12.9. The Kier molecular flexibility index (Phi) is 3.96. The Labute approximate surface area is 169 Å². The third-order valence-electron chi connectivity index (χ3n) is 5.78. The molecular formula is C20H19N3O3S2. The zero-order valence-corrected chi connectivity index (χ0v) is 16.9. The molecule has 2 aromatic heterocycles. The highest BCUT2D eigenvalue weighted by atomic mass is 32.1. The van der Waals surface area contributed by atoms with Crippen molar-refractivity contribution in [3.05, 3.63) is 35.2 Å². The Morgan fingerprint density at radius 1 is 1.18 bits per heavy atom. The first-order valence-electron chi connectivity index (χ1n) is 9.36. The van der Waals surface area contributed by atoms with E-state index in [1.165, 1.54) is 16.0 Å². The van der Waals surface area contributed by atoms with Gasteiger partial charge in [-0.25, -0.2) is 4.79 Å². The summed E-state index contributed by atoms with van der Waals surface area (Å²) >= 11 is 3.02. The third kappa shape index (κ3) is 2.62. The molecule has 0 radical (unpaired) electrons. The number of fused-ring (bicyclic) bond motifs is 3. The lowest BCUT2D eigenvalue weighted by molar-refractivity contribution is -0.134. The predicted octanol–water partition coefficient (Wildman–Crippen LogP) is 4.26. The summed E-state index contributed by atoms with van der Waals surface area (Å²) < 4.78 is 3.27. The van der Waals surface area contributed by atoms with E-state index in [2.05, 4.69) is 23.7 Å². The summed E-state index contributed by atoms with van der Waals surface area (Å²) in [6.07, 6.45) is 3.02. The molecule has 8 heteroatoms. The summed E-state index contributed by atoms with van der Waals surface area (Å²) in [4.78, 5) is 38.5. The van der Waals surface area contributed by atoms with Gasteiger partial charge in [-0.05, 0) is 43.7 Å². The minimum Gasteiger partial charge on any atom is -0.322 e. The van der Waals surface area contributed by atoms with E-state index >= 15 is 0 Å². The molecule has 144 valence electrons. The summed E-state index contributed by atoms with van der Waals surface area (Å²) in [7, 11) is 0. The average molecular weight is 414 g/mol. The van der Waals surface area contributed by atoms with Crippen LogP contribution in [0.25, 0.3) is 19.5 Å². The Balaban J connectivity index is 1.38. The molecule has 2 fully saturated rings. The number of carbonyl (C=O) groups is 3. The highest BCUT2D eigenvalue weighted by molar-refractivity contribution is 7.33. The number of hydrogen-bond acceptors (Lipinski definition) is 5. The maximum atomic E-state index is 12.9. The molecule has 0 atom stereocenters. The van der Waals surface area contributed by atoms with Crippen molar-refractivity contribution in [2.24, 2.45) is 5.92 Å². The van der Waals surface area contributed by atoms with Gasteiger partial charge < -0.3 is 5.32 Å². The highest BCUT2D eigenvalue weighted by Crippen LogP contribution is 2.39. The molecule has 3 heterocycles. The molecule has 0 unspecified atom stereocenters. The number of hydrazine groups is 1. The van der Waals surface area contributed by atoms with Crippen LogP contribution >= 0.6 is 22.7 Å². The number of thiophene rings is 2. The smallest absolute Gasteiger partial charge is 0.322 e. The Bertz CT molecular complexity index is 1120. The van der Waals surface area contributed by atoms with E-state index in [0.717, 1.165) is 32.6 Å². The van der Waals surface area contributed by atoms with Crippen LogP contribution < -0.4 is 10.7 Å². The van der Waals surface area contributed by atoms with Crippen molar-refractivity contribution in [3.63, 3.8) is 0 Å². The lowest BCUT2D eigenvalue weighted by Gasteiger charge is -2.33. The van der Waals surface area contributed by atoms with E-state index in [-0.39, 0.29) is 5.91 Å². The SMILES string of the molecule is CC1CCC2(CC1)NC(=O)N(NC(=O)c1cc3sc4ccccc4c3s1)C2=O. The first kappa shape index (κ1) is 17.6. The number of benzene rings is 1. The quantitative estimate of drug-likeness (QED) is 0.616. The van der Waals surface area contributed by atoms with Crippen LogP contribution in [0.1, 0.15) is 42.3 Å². The summed E-state index contributed by atoms with van der Waals surface area (Å²) in [6, 6.07) is 9.36. The van der Waals surface area contributed by atoms with Gasteiger partial charge in [-0.15, -0.1) is 22.7 Å². The van der Waals surface area contributed by atoms with Gasteiger partial charge in [0.05, 0.1) is 9.58 Å². The van der Waals surface area contributed by atoms with Crippen molar-refractivity contribution in [2.75, 3.05) is 0 Å². The Morgan fingerprint density at radius 2 is 1.93 bits per heavy atom.